The lowest BCUT2D eigenvalue weighted by atomic mass is 10.2. The molecule has 0 unspecified atom stereocenters. The van der Waals surface area contributed by atoms with Gasteiger partial charge in [-0.2, -0.15) is 12.7 Å². The molecular formula is C12H21N3O2S. The summed E-state index contributed by atoms with van der Waals surface area (Å²) in [5.41, 5.74) is 1.09. The molecule has 0 radical (unpaired) electrons. The van der Waals surface area contributed by atoms with Crippen LogP contribution in [0, 0.1) is 0 Å². The molecule has 102 valence electrons. The molecule has 1 aromatic rings. The van der Waals surface area contributed by atoms with Crippen molar-refractivity contribution in [1.29, 1.82) is 0 Å². The van der Waals surface area contributed by atoms with Gasteiger partial charge >= 0.3 is 0 Å². The molecule has 0 aromatic carbocycles. The molecule has 0 aliphatic rings. The molecule has 6 heteroatoms. The van der Waals surface area contributed by atoms with E-state index in [1.54, 1.807) is 12.4 Å². The Morgan fingerprint density at radius 3 is 2.50 bits per heavy atom. The summed E-state index contributed by atoms with van der Waals surface area (Å²) in [5.74, 6) is 0. The first-order chi connectivity index (χ1) is 8.60. The van der Waals surface area contributed by atoms with E-state index >= 15 is 0 Å². The average molecular weight is 271 g/mol. The maximum atomic E-state index is 11.9. The predicted octanol–water partition coefficient (Wildman–Crippen LogP) is 1.19. The lowest BCUT2D eigenvalue weighted by Gasteiger charge is -2.20. The van der Waals surface area contributed by atoms with E-state index in [2.05, 4.69) is 9.71 Å². The second-order valence-electron chi connectivity index (χ2n) is 4.00. The van der Waals surface area contributed by atoms with Gasteiger partial charge in [-0.15, -0.1) is 0 Å². The predicted molar refractivity (Wildman–Crippen MR) is 72.4 cm³/mol. The van der Waals surface area contributed by atoms with E-state index in [-0.39, 0.29) is 0 Å². The van der Waals surface area contributed by atoms with Crippen LogP contribution in [0.4, 0.5) is 0 Å². The van der Waals surface area contributed by atoms with Crippen LogP contribution in [0.25, 0.3) is 0 Å². The first-order valence-electron chi connectivity index (χ1n) is 6.23. The summed E-state index contributed by atoms with van der Waals surface area (Å²) in [4.78, 5) is 3.94. The van der Waals surface area contributed by atoms with Crippen LogP contribution >= 0.6 is 0 Å². The zero-order chi connectivity index (χ0) is 13.4. The van der Waals surface area contributed by atoms with Gasteiger partial charge in [-0.05, 0) is 30.5 Å². The number of nitrogens with one attached hydrogen (secondary N) is 1. The average Bonchev–Trinajstić information content (AvgIpc) is 2.38. The van der Waals surface area contributed by atoms with Crippen molar-refractivity contribution in [2.45, 2.75) is 26.7 Å². The fourth-order valence-electron chi connectivity index (χ4n) is 1.57. The maximum absolute atomic E-state index is 11.9. The molecule has 0 saturated heterocycles. The summed E-state index contributed by atoms with van der Waals surface area (Å²) in [6.45, 7) is 5.23. The third-order valence-electron chi connectivity index (χ3n) is 2.63. The summed E-state index contributed by atoms with van der Waals surface area (Å²) < 4.78 is 27.9. The number of likely N-dealkylation sites (N-methyl/N-ethyl adjacent to an activating group) is 1. The summed E-state index contributed by atoms with van der Waals surface area (Å²) in [7, 11) is -3.34. The number of pyridine rings is 1. The Morgan fingerprint density at radius 1 is 1.28 bits per heavy atom. The van der Waals surface area contributed by atoms with E-state index in [1.807, 2.05) is 26.0 Å². The fraction of sp³-hybridized carbons (Fsp3) is 0.583. The molecule has 1 rings (SSSR count). The van der Waals surface area contributed by atoms with Gasteiger partial charge in [-0.3, -0.25) is 4.98 Å². The minimum atomic E-state index is -3.34. The van der Waals surface area contributed by atoms with Gasteiger partial charge in [-0.1, -0.05) is 13.8 Å². The molecule has 5 nitrogen and oxygen atoms in total. The molecule has 0 aliphatic heterocycles. The Kier molecular flexibility index (Phi) is 6.24. The van der Waals surface area contributed by atoms with Crippen LogP contribution < -0.4 is 4.72 Å². The lowest BCUT2D eigenvalue weighted by Crippen LogP contribution is -2.41. The van der Waals surface area contributed by atoms with Crippen LogP contribution in [0.2, 0.25) is 0 Å². The highest BCUT2D eigenvalue weighted by Gasteiger charge is 2.18. The van der Waals surface area contributed by atoms with Crippen LogP contribution in [0.5, 0.6) is 0 Å². The van der Waals surface area contributed by atoms with Crippen molar-refractivity contribution in [1.82, 2.24) is 14.0 Å². The molecule has 1 N–H and O–H groups in total. The zero-order valence-electron chi connectivity index (χ0n) is 11.0. The minimum Gasteiger partial charge on any atom is -0.265 e. The maximum Gasteiger partial charge on any atom is 0.279 e. The topological polar surface area (TPSA) is 62.3 Å². The van der Waals surface area contributed by atoms with E-state index in [0.29, 0.717) is 26.1 Å². The highest BCUT2D eigenvalue weighted by molar-refractivity contribution is 7.87. The van der Waals surface area contributed by atoms with Crippen molar-refractivity contribution >= 4 is 10.2 Å². The second-order valence-corrected chi connectivity index (χ2v) is 5.75. The smallest absolute Gasteiger partial charge is 0.265 e. The Labute approximate surface area is 109 Å². The van der Waals surface area contributed by atoms with Crippen LogP contribution in [0.15, 0.2) is 24.5 Å². The standard InChI is InChI=1S/C12H21N3O2S/c1-3-8-14-18(16,17)15(4-2)11-7-12-5-9-13-10-6-12/h5-6,9-10,14H,3-4,7-8,11H2,1-2H3. The van der Waals surface area contributed by atoms with Crippen LogP contribution in [-0.4, -0.2) is 37.3 Å². The summed E-state index contributed by atoms with van der Waals surface area (Å²) in [6, 6.07) is 3.81. The quantitative estimate of drug-likeness (QED) is 0.772. The molecule has 1 aromatic heterocycles. The van der Waals surface area contributed by atoms with Crippen molar-refractivity contribution in [3.05, 3.63) is 30.1 Å². The molecule has 0 spiro atoms. The van der Waals surface area contributed by atoms with Crippen molar-refractivity contribution in [3.63, 3.8) is 0 Å². The third kappa shape index (κ3) is 4.72. The van der Waals surface area contributed by atoms with E-state index in [1.165, 1.54) is 4.31 Å². The van der Waals surface area contributed by atoms with Gasteiger partial charge in [-0.25, -0.2) is 4.72 Å². The van der Waals surface area contributed by atoms with Gasteiger partial charge in [0, 0.05) is 32.0 Å². The van der Waals surface area contributed by atoms with Crippen LogP contribution in [0.1, 0.15) is 25.8 Å². The number of aromatic nitrogens is 1. The zero-order valence-corrected chi connectivity index (χ0v) is 11.8. The molecule has 0 atom stereocenters. The van der Waals surface area contributed by atoms with E-state index in [0.717, 1.165) is 12.0 Å². The largest absolute Gasteiger partial charge is 0.279 e. The van der Waals surface area contributed by atoms with Crippen LogP contribution in [-0.2, 0) is 16.6 Å². The van der Waals surface area contributed by atoms with E-state index in [9.17, 15) is 8.42 Å². The molecular weight excluding hydrogens is 250 g/mol. The summed E-state index contributed by atoms with van der Waals surface area (Å²) in [5, 5.41) is 0. The van der Waals surface area contributed by atoms with Crippen molar-refractivity contribution in [3.8, 4) is 0 Å². The number of hydrogen-bond donors (Lipinski definition) is 1. The molecule has 0 amide bonds. The van der Waals surface area contributed by atoms with Gasteiger partial charge in [0.05, 0.1) is 0 Å². The van der Waals surface area contributed by atoms with E-state index in [4.69, 9.17) is 0 Å². The van der Waals surface area contributed by atoms with Gasteiger partial charge in [0.25, 0.3) is 10.2 Å². The monoisotopic (exact) mass is 271 g/mol. The van der Waals surface area contributed by atoms with Crippen molar-refractivity contribution < 1.29 is 8.42 Å². The molecule has 0 fully saturated rings. The molecule has 0 bridgehead atoms. The first-order valence-corrected chi connectivity index (χ1v) is 7.67. The number of nitrogens with zero attached hydrogens (tertiary/aromatic N) is 2. The Hall–Kier alpha value is -0.980. The van der Waals surface area contributed by atoms with Crippen molar-refractivity contribution in [2.75, 3.05) is 19.6 Å². The first kappa shape index (κ1) is 15.1. The molecule has 18 heavy (non-hydrogen) atoms. The fourth-order valence-corrected chi connectivity index (χ4v) is 2.89. The third-order valence-corrected chi connectivity index (χ3v) is 4.32. The lowest BCUT2D eigenvalue weighted by molar-refractivity contribution is 0.421. The van der Waals surface area contributed by atoms with E-state index < -0.39 is 10.2 Å². The van der Waals surface area contributed by atoms with Crippen LogP contribution in [0.3, 0.4) is 0 Å². The van der Waals surface area contributed by atoms with Gasteiger partial charge in [0.2, 0.25) is 0 Å². The van der Waals surface area contributed by atoms with Gasteiger partial charge in [0.15, 0.2) is 0 Å². The number of rotatable bonds is 8. The molecule has 0 aliphatic carbocycles. The normalized spacial score (nSPS) is 11.9. The highest BCUT2D eigenvalue weighted by Crippen LogP contribution is 2.03. The SMILES string of the molecule is CCCNS(=O)(=O)N(CC)CCc1ccncc1. The minimum absolute atomic E-state index is 0.476. The van der Waals surface area contributed by atoms with Gasteiger partial charge < -0.3 is 0 Å². The molecule has 0 saturated carbocycles. The number of hydrogen-bond acceptors (Lipinski definition) is 3. The second kappa shape index (κ2) is 7.45. The molecule has 1 heterocycles. The highest BCUT2D eigenvalue weighted by atomic mass is 32.2. The Morgan fingerprint density at radius 2 is 1.94 bits per heavy atom. The summed E-state index contributed by atoms with van der Waals surface area (Å²) in [6.07, 6.45) is 4.93. The van der Waals surface area contributed by atoms with Crippen molar-refractivity contribution in [2.24, 2.45) is 0 Å². The summed E-state index contributed by atoms with van der Waals surface area (Å²) >= 11 is 0. The Bertz CT molecular complexity index is 434. The van der Waals surface area contributed by atoms with Gasteiger partial charge in [0.1, 0.15) is 0 Å². The Balaban J connectivity index is 2.57.